The Balaban J connectivity index is 2.02. The van der Waals surface area contributed by atoms with Crippen LogP contribution in [0.3, 0.4) is 0 Å². The van der Waals surface area contributed by atoms with Crippen LogP contribution < -0.4 is 0 Å². The van der Waals surface area contributed by atoms with E-state index in [4.69, 9.17) is 16.0 Å². The molecule has 4 aromatic rings. The van der Waals surface area contributed by atoms with E-state index in [0.717, 1.165) is 17.1 Å². The molecule has 0 amide bonds. The zero-order valence-electron chi connectivity index (χ0n) is 11.3. The van der Waals surface area contributed by atoms with E-state index in [1.54, 1.807) is 12.1 Å². The van der Waals surface area contributed by atoms with Gasteiger partial charge in [0, 0.05) is 10.6 Å². The molecule has 0 aliphatic heterocycles. The smallest absolute Gasteiger partial charge is 0.258 e. The number of fused-ring (bicyclic) bond motifs is 2. The molecular formula is C14H10ClN5O. The summed E-state index contributed by atoms with van der Waals surface area (Å²) in [5, 5.41) is 8.67. The molecule has 0 bridgehead atoms. The minimum Gasteiger partial charge on any atom is -0.417 e. The summed E-state index contributed by atoms with van der Waals surface area (Å²) in [5.41, 5.74) is 2.85. The van der Waals surface area contributed by atoms with Gasteiger partial charge in [-0.3, -0.25) is 4.40 Å². The number of oxazole rings is 1. The number of rotatable bonds is 1. The SMILES string of the molecule is Cc1nnc2nc3oc(-c4cccc(Cl)c4)nc3c(C)n12. The van der Waals surface area contributed by atoms with Crippen LogP contribution in [0.15, 0.2) is 28.7 Å². The number of aromatic nitrogens is 5. The summed E-state index contributed by atoms with van der Waals surface area (Å²) in [7, 11) is 0. The molecule has 6 nitrogen and oxygen atoms in total. The van der Waals surface area contributed by atoms with Crippen molar-refractivity contribution in [1.29, 1.82) is 0 Å². The van der Waals surface area contributed by atoms with E-state index in [9.17, 15) is 0 Å². The average Bonchev–Trinajstić information content (AvgIpc) is 3.04. The summed E-state index contributed by atoms with van der Waals surface area (Å²) in [6.45, 7) is 3.82. The number of hydrogen-bond donors (Lipinski definition) is 0. The highest BCUT2D eigenvalue weighted by Gasteiger charge is 2.16. The maximum Gasteiger partial charge on any atom is 0.258 e. The van der Waals surface area contributed by atoms with Crippen molar-refractivity contribution < 1.29 is 4.42 Å². The van der Waals surface area contributed by atoms with Crippen LogP contribution in [-0.4, -0.2) is 24.6 Å². The predicted octanol–water partition coefficient (Wildman–Crippen LogP) is 3.20. The molecule has 21 heavy (non-hydrogen) atoms. The Kier molecular flexibility index (Phi) is 2.49. The molecule has 7 heteroatoms. The average molecular weight is 300 g/mol. The molecule has 0 aliphatic rings. The van der Waals surface area contributed by atoms with Crippen molar-refractivity contribution in [3.05, 3.63) is 40.8 Å². The van der Waals surface area contributed by atoms with Gasteiger partial charge in [-0.2, -0.15) is 4.98 Å². The lowest BCUT2D eigenvalue weighted by Gasteiger charge is -1.98. The molecule has 104 valence electrons. The molecule has 0 aliphatic carbocycles. The number of nitrogens with zero attached hydrogens (tertiary/aromatic N) is 5. The molecule has 1 aromatic carbocycles. The third kappa shape index (κ3) is 1.80. The summed E-state index contributed by atoms with van der Waals surface area (Å²) in [6.07, 6.45) is 0. The molecule has 0 unspecified atom stereocenters. The minimum absolute atomic E-state index is 0.447. The van der Waals surface area contributed by atoms with Crippen molar-refractivity contribution >= 4 is 28.6 Å². The lowest BCUT2D eigenvalue weighted by Crippen LogP contribution is -1.97. The van der Waals surface area contributed by atoms with Gasteiger partial charge in [0.2, 0.25) is 5.89 Å². The quantitative estimate of drug-likeness (QED) is 0.540. The maximum absolute atomic E-state index is 6.01. The van der Waals surface area contributed by atoms with Crippen LogP contribution >= 0.6 is 11.6 Å². The van der Waals surface area contributed by atoms with Gasteiger partial charge in [0.05, 0.1) is 5.69 Å². The molecule has 0 N–H and O–H groups in total. The molecule has 0 radical (unpaired) electrons. The van der Waals surface area contributed by atoms with Crippen LogP contribution in [0.5, 0.6) is 0 Å². The van der Waals surface area contributed by atoms with Gasteiger partial charge < -0.3 is 4.42 Å². The van der Waals surface area contributed by atoms with Gasteiger partial charge in [-0.25, -0.2) is 4.98 Å². The molecule has 3 heterocycles. The van der Waals surface area contributed by atoms with Crippen molar-refractivity contribution in [2.45, 2.75) is 13.8 Å². The standard InChI is InChI=1S/C14H10ClN5O/c1-7-11-13(17-14-19-18-8(2)20(7)14)21-12(16-11)9-4-3-5-10(15)6-9/h3-6H,1-2H3. The number of halogens is 1. The van der Waals surface area contributed by atoms with Gasteiger partial charge in [-0.05, 0) is 32.0 Å². The van der Waals surface area contributed by atoms with E-state index in [1.807, 2.05) is 30.4 Å². The Morgan fingerprint density at radius 3 is 2.81 bits per heavy atom. The van der Waals surface area contributed by atoms with Gasteiger partial charge in [0.15, 0.2) is 0 Å². The summed E-state index contributed by atoms with van der Waals surface area (Å²) < 4.78 is 7.60. The van der Waals surface area contributed by atoms with E-state index >= 15 is 0 Å². The number of hydrogen-bond acceptors (Lipinski definition) is 5. The van der Waals surface area contributed by atoms with Crippen LogP contribution in [0.1, 0.15) is 11.5 Å². The molecule has 0 saturated heterocycles. The Morgan fingerprint density at radius 1 is 1.14 bits per heavy atom. The Hall–Kier alpha value is -2.47. The molecule has 4 rings (SSSR count). The predicted molar refractivity (Wildman–Crippen MR) is 78.3 cm³/mol. The van der Waals surface area contributed by atoms with Gasteiger partial charge in [-0.1, -0.05) is 17.7 Å². The van der Waals surface area contributed by atoms with Crippen molar-refractivity contribution in [3.8, 4) is 11.5 Å². The Bertz CT molecular complexity index is 988. The first-order valence-corrected chi connectivity index (χ1v) is 6.76. The first-order valence-electron chi connectivity index (χ1n) is 6.38. The zero-order chi connectivity index (χ0) is 14.6. The van der Waals surface area contributed by atoms with E-state index < -0.39 is 0 Å². The van der Waals surface area contributed by atoms with E-state index in [-0.39, 0.29) is 0 Å². The van der Waals surface area contributed by atoms with E-state index in [0.29, 0.717) is 27.9 Å². The van der Waals surface area contributed by atoms with Gasteiger partial charge >= 0.3 is 0 Å². The van der Waals surface area contributed by atoms with E-state index in [1.165, 1.54) is 0 Å². The summed E-state index contributed by atoms with van der Waals surface area (Å²) >= 11 is 6.01. The highest BCUT2D eigenvalue weighted by molar-refractivity contribution is 6.30. The van der Waals surface area contributed by atoms with Crippen LogP contribution in [0, 0.1) is 13.8 Å². The molecule has 3 aromatic heterocycles. The molecular weight excluding hydrogens is 290 g/mol. The fraction of sp³-hybridized carbons (Fsp3) is 0.143. The van der Waals surface area contributed by atoms with Crippen molar-refractivity contribution in [2.24, 2.45) is 0 Å². The second-order valence-electron chi connectivity index (χ2n) is 4.76. The number of aryl methyl sites for hydroxylation is 2. The van der Waals surface area contributed by atoms with E-state index in [2.05, 4.69) is 20.2 Å². The fourth-order valence-electron chi connectivity index (χ4n) is 2.38. The largest absolute Gasteiger partial charge is 0.417 e. The maximum atomic E-state index is 6.01. The van der Waals surface area contributed by atoms with Gasteiger partial charge in [0.25, 0.3) is 11.5 Å². The molecule has 0 fully saturated rings. The second kappa shape index (κ2) is 4.26. The zero-order valence-corrected chi connectivity index (χ0v) is 12.1. The molecule has 0 spiro atoms. The second-order valence-corrected chi connectivity index (χ2v) is 5.20. The van der Waals surface area contributed by atoms with Crippen LogP contribution in [0.4, 0.5) is 0 Å². The molecule has 0 saturated carbocycles. The summed E-state index contributed by atoms with van der Waals surface area (Å²) in [5.74, 6) is 1.76. The minimum atomic E-state index is 0.447. The lowest BCUT2D eigenvalue weighted by atomic mass is 10.2. The van der Waals surface area contributed by atoms with Crippen molar-refractivity contribution in [2.75, 3.05) is 0 Å². The van der Waals surface area contributed by atoms with Crippen molar-refractivity contribution in [3.63, 3.8) is 0 Å². The van der Waals surface area contributed by atoms with Crippen LogP contribution in [0.25, 0.3) is 28.5 Å². The summed E-state index contributed by atoms with van der Waals surface area (Å²) in [4.78, 5) is 8.89. The number of benzene rings is 1. The highest BCUT2D eigenvalue weighted by Crippen LogP contribution is 2.27. The van der Waals surface area contributed by atoms with Gasteiger partial charge in [-0.15, -0.1) is 10.2 Å². The lowest BCUT2D eigenvalue weighted by molar-refractivity contribution is 0.608. The third-order valence-corrected chi connectivity index (χ3v) is 3.60. The van der Waals surface area contributed by atoms with Crippen molar-refractivity contribution in [1.82, 2.24) is 24.6 Å². The topological polar surface area (TPSA) is 69.1 Å². The van der Waals surface area contributed by atoms with Gasteiger partial charge in [0.1, 0.15) is 11.3 Å². The first-order chi connectivity index (χ1) is 10.1. The Morgan fingerprint density at radius 2 is 2.00 bits per heavy atom. The van der Waals surface area contributed by atoms with Crippen LogP contribution in [0.2, 0.25) is 5.02 Å². The Labute approximate surface area is 124 Å². The monoisotopic (exact) mass is 299 g/mol. The van der Waals surface area contributed by atoms with Crippen LogP contribution in [-0.2, 0) is 0 Å². The normalized spacial score (nSPS) is 11.6. The summed E-state index contributed by atoms with van der Waals surface area (Å²) in [6, 6.07) is 7.36. The highest BCUT2D eigenvalue weighted by atomic mass is 35.5. The third-order valence-electron chi connectivity index (χ3n) is 3.37. The fourth-order valence-corrected chi connectivity index (χ4v) is 2.57. The first kappa shape index (κ1) is 12.3. The molecule has 0 atom stereocenters.